The molecule has 1 N–H and O–H groups in total. The van der Waals surface area contributed by atoms with E-state index in [2.05, 4.69) is 9.97 Å². The largest absolute Gasteiger partial charge is 0.493 e. The molecule has 9 heteroatoms. The lowest BCUT2D eigenvalue weighted by Gasteiger charge is -2.39. The van der Waals surface area contributed by atoms with E-state index in [1.54, 1.807) is 20.1 Å². The van der Waals surface area contributed by atoms with E-state index in [-0.39, 0.29) is 18.5 Å². The minimum atomic E-state index is -1.57. The van der Waals surface area contributed by atoms with Gasteiger partial charge in [-0.2, -0.15) is 4.98 Å². The number of ether oxygens (including phenoxy) is 5. The molecule has 0 radical (unpaired) electrons. The van der Waals surface area contributed by atoms with Gasteiger partial charge in [0.1, 0.15) is 0 Å². The molecule has 0 amide bonds. The maximum absolute atomic E-state index is 13.0. The van der Waals surface area contributed by atoms with Crippen molar-refractivity contribution >= 4 is 5.97 Å². The zero-order valence-electron chi connectivity index (χ0n) is 23.6. The molecule has 0 saturated heterocycles. The molecule has 0 aliphatic rings. The molecule has 3 aromatic carbocycles. The third kappa shape index (κ3) is 6.75. The Labute approximate surface area is 239 Å². The number of aliphatic carboxylic acids is 1. The molecule has 4 rings (SSSR count). The third-order valence-electron chi connectivity index (χ3n) is 6.49. The summed E-state index contributed by atoms with van der Waals surface area (Å²) in [6.45, 7) is 4.33. The second kappa shape index (κ2) is 13.6. The van der Waals surface area contributed by atoms with Gasteiger partial charge in [0.2, 0.25) is 12.0 Å². The molecule has 214 valence electrons. The van der Waals surface area contributed by atoms with Gasteiger partial charge in [0.15, 0.2) is 17.1 Å². The Morgan fingerprint density at radius 1 is 0.878 bits per heavy atom. The summed E-state index contributed by atoms with van der Waals surface area (Å²) in [4.78, 5) is 21.6. The first-order valence-electron chi connectivity index (χ1n) is 13.2. The summed E-state index contributed by atoms with van der Waals surface area (Å²) in [7, 11) is 3.06. The number of carbonyl (C=O) groups is 1. The van der Waals surface area contributed by atoms with Crippen molar-refractivity contribution in [2.75, 3.05) is 27.4 Å². The van der Waals surface area contributed by atoms with Crippen LogP contribution in [-0.4, -0.2) is 54.6 Å². The Morgan fingerprint density at radius 3 is 2.10 bits per heavy atom. The van der Waals surface area contributed by atoms with Crippen LogP contribution in [0.4, 0.5) is 0 Å². The van der Waals surface area contributed by atoms with Crippen LogP contribution in [0.25, 0.3) is 0 Å². The molecular weight excluding hydrogens is 524 g/mol. The van der Waals surface area contributed by atoms with Crippen molar-refractivity contribution in [1.82, 2.24) is 9.97 Å². The summed E-state index contributed by atoms with van der Waals surface area (Å²) in [6, 6.07) is 25.5. The average molecular weight is 559 g/mol. The van der Waals surface area contributed by atoms with Crippen LogP contribution in [-0.2, 0) is 21.6 Å². The molecule has 0 aliphatic carbocycles. The highest BCUT2D eigenvalue weighted by Gasteiger charge is 2.50. The van der Waals surface area contributed by atoms with Gasteiger partial charge in [-0.3, -0.25) is 0 Å². The lowest BCUT2D eigenvalue weighted by molar-refractivity contribution is -0.164. The van der Waals surface area contributed by atoms with Crippen molar-refractivity contribution in [2.24, 2.45) is 0 Å². The summed E-state index contributed by atoms with van der Waals surface area (Å²) in [5.74, 6) is 0.270. The SMILES string of the molecule is CCOc1ccc(CCOC(c2ccccc2)(c2ccccc2)C(Oc2nc(C)cc(OC)n2)C(=O)O)cc1OC. The molecule has 0 fully saturated rings. The Hall–Kier alpha value is -4.63. The highest BCUT2D eigenvalue weighted by atomic mass is 16.6. The van der Waals surface area contributed by atoms with E-state index in [1.165, 1.54) is 7.11 Å². The highest BCUT2D eigenvalue weighted by Crippen LogP contribution is 2.40. The van der Waals surface area contributed by atoms with Crippen LogP contribution in [0.3, 0.4) is 0 Å². The average Bonchev–Trinajstić information content (AvgIpc) is 2.99. The van der Waals surface area contributed by atoms with Crippen LogP contribution >= 0.6 is 0 Å². The van der Waals surface area contributed by atoms with E-state index in [9.17, 15) is 9.90 Å². The van der Waals surface area contributed by atoms with E-state index in [0.717, 1.165) is 5.56 Å². The number of rotatable bonds is 14. The molecule has 1 aromatic heterocycles. The predicted molar refractivity (Wildman–Crippen MR) is 153 cm³/mol. The first-order chi connectivity index (χ1) is 19.9. The molecule has 0 aliphatic heterocycles. The molecule has 0 saturated carbocycles. The molecule has 41 heavy (non-hydrogen) atoms. The summed E-state index contributed by atoms with van der Waals surface area (Å²) in [5.41, 5.74) is 1.13. The number of aromatic nitrogens is 2. The lowest BCUT2D eigenvalue weighted by Crippen LogP contribution is -2.51. The van der Waals surface area contributed by atoms with Gasteiger partial charge in [0.05, 0.1) is 27.4 Å². The molecule has 0 bridgehead atoms. The van der Waals surface area contributed by atoms with Crippen LogP contribution < -0.4 is 18.9 Å². The Bertz CT molecular complexity index is 1390. The second-order valence-corrected chi connectivity index (χ2v) is 9.15. The number of hydrogen-bond acceptors (Lipinski definition) is 8. The van der Waals surface area contributed by atoms with Crippen molar-refractivity contribution in [2.45, 2.75) is 32.0 Å². The zero-order chi connectivity index (χ0) is 29.2. The summed E-state index contributed by atoms with van der Waals surface area (Å²) >= 11 is 0. The lowest BCUT2D eigenvalue weighted by atomic mass is 9.81. The predicted octanol–water partition coefficient (Wildman–Crippen LogP) is 5.24. The standard InChI is InChI=1S/C32H34N2O7/c1-5-39-26-17-16-23(21-27(26)37-3)18-19-40-32(24-12-8-6-9-13-24,25-14-10-7-11-15-25)29(30(35)36)41-31-33-22(2)20-28(34-31)38-4/h6-17,20-21,29H,5,18-19H2,1-4H3,(H,35,36). The zero-order valence-corrected chi connectivity index (χ0v) is 23.6. The van der Waals surface area contributed by atoms with Crippen molar-refractivity contribution in [3.8, 4) is 23.4 Å². The van der Waals surface area contributed by atoms with E-state index in [0.29, 0.717) is 41.3 Å². The van der Waals surface area contributed by atoms with Gasteiger partial charge in [-0.15, -0.1) is 0 Å². The fourth-order valence-electron chi connectivity index (χ4n) is 4.64. The van der Waals surface area contributed by atoms with E-state index < -0.39 is 17.7 Å². The highest BCUT2D eigenvalue weighted by molar-refractivity contribution is 5.76. The van der Waals surface area contributed by atoms with Crippen molar-refractivity contribution in [1.29, 1.82) is 0 Å². The minimum Gasteiger partial charge on any atom is -0.493 e. The topological polar surface area (TPSA) is 109 Å². The summed E-state index contributed by atoms with van der Waals surface area (Å²) < 4.78 is 29.2. The molecule has 1 atom stereocenters. The Kier molecular flexibility index (Phi) is 9.76. The van der Waals surface area contributed by atoms with Crippen molar-refractivity contribution in [3.05, 3.63) is 107 Å². The number of hydrogen-bond donors (Lipinski definition) is 1. The molecular formula is C32H34N2O7. The fourth-order valence-corrected chi connectivity index (χ4v) is 4.64. The molecule has 0 spiro atoms. The normalized spacial score (nSPS) is 11.9. The van der Waals surface area contributed by atoms with Gasteiger partial charge in [-0.05, 0) is 49.1 Å². The minimum absolute atomic E-state index is 0.134. The summed E-state index contributed by atoms with van der Waals surface area (Å²) in [6.07, 6.45) is -1.10. The Balaban J connectivity index is 1.78. The number of aryl methyl sites for hydroxylation is 1. The quantitative estimate of drug-likeness (QED) is 0.222. The van der Waals surface area contributed by atoms with Crippen molar-refractivity contribution in [3.63, 3.8) is 0 Å². The maximum Gasteiger partial charge on any atom is 0.348 e. The summed E-state index contributed by atoms with van der Waals surface area (Å²) in [5, 5.41) is 10.6. The van der Waals surface area contributed by atoms with Crippen LogP contribution in [0.15, 0.2) is 84.9 Å². The van der Waals surface area contributed by atoms with E-state index >= 15 is 0 Å². The molecule has 4 aromatic rings. The number of carboxylic acid groups (broad SMARTS) is 1. The molecule has 1 heterocycles. The number of benzene rings is 3. The first kappa shape index (κ1) is 29.4. The van der Waals surface area contributed by atoms with Gasteiger partial charge in [-0.1, -0.05) is 66.7 Å². The maximum atomic E-state index is 13.0. The van der Waals surface area contributed by atoms with Crippen LogP contribution in [0, 0.1) is 6.92 Å². The Morgan fingerprint density at radius 2 is 1.54 bits per heavy atom. The van der Waals surface area contributed by atoms with Gasteiger partial charge in [0, 0.05) is 11.8 Å². The van der Waals surface area contributed by atoms with Gasteiger partial charge in [-0.25, -0.2) is 9.78 Å². The fraction of sp³-hybridized carbons (Fsp3) is 0.281. The van der Waals surface area contributed by atoms with Crippen LogP contribution in [0.2, 0.25) is 0 Å². The number of methoxy groups -OCH3 is 2. The van der Waals surface area contributed by atoms with Crippen LogP contribution in [0.5, 0.6) is 23.4 Å². The second-order valence-electron chi connectivity index (χ2n) is 9.15. The monoisotopic (exact) mass is 558 g/mol. The van der Waals surface area contributed by atoms with E-state index in [1.807, 2.05) is 85.8 Å². The molecule has 1 unspecified atom stereocenters. The van der Waals surface area contributed by atoms with Gasteiger partial charge in [0.25, 0.3) is 0 Å². The third-order valence-corrected chi connectivity index (χ3v) is 6.49. The first-order valence-corrected chi connectivity index (χ1v) is 13.2. The van der Waals surface area contributed by atoms with Crippen molar-refractivity contribution < 1.29 is 33.6 Å². The van der Waals surface area contributed by atoms with Gasteiger partial charge < -0.3 is 28.8 Å². The van der Waals surface area contributed by atoms with Gasteiger partial charge >= 0.3 is 12.0 Å². The number of carboxylic acids is 1. The van der Waals surface area contributed by atoms with Crippen LogP contribution in [0.1, 0.15) is 29.3 Å². The van der Waals surface area contributed by atoms with E-state index in [4.69, 9.17) is 23.7 Å². The smallest absolute Gasteiger partial charge is 0.348 e. The molecule has 9 nitrogen and oxygen atoms in total. The number of nitrogens with zero attached hydrogens (tertiary/aromatic N) is 2.